The average Bonchev–Trinajstić information content (AvgIpc) is 2.38. The van der Waals surface area contributed by atoms with Gasteiger partial charge in [-0.1, -0.05) is 13.8 Å². The van der Waals surface area contributed by atoms with Crippen LogP contribution in [0.1, 0.15) is 19.5 Å². The Hall–Kier alpha value is -1.82. The molecule has 0 amide bonds. The highest BCUT2D eigenvalue weighted by molar-refractivity contribution is 7.99. The second-order valence-electron chi connectivity index (χ2n) is 4.58. The van der Waals surface area contributed by atoms with Gasteiger partial charge in [0.1, 0.15) is 5.82 Å². The fraction of sp³-hybridized carbons (Fsp3) is 0.286. The molecule has 0 bridgehead atoms. The summed E-state index contributed by atoms with van der Waals surface area (Å²) in [5, 5.41) is 3.43. The van der Waals surface area contributed by atoms with E-state index in [0.29, 0.717) is 22.6 Å². The molecule has 0 saturated heterocycles. The van der Waals surface area contributed by atoms with Crippen LogP contribution >= 0.6 is 11.8 Å². The van der Waals surface area contributed by atoms with Crippen molar-refractivity contribution in [2.24, 2.45) is 0 Å². The number of thioether (sulfide) groups is 1. The maximum Gasteiger partial charge on any atom is 0.252 e. The molecule has 106 valence electrons. The van der Waals surface area contributed by atoms with E-state index in [1.165, 1.54) is 18.2 Å². The van der Waals surface area contributed by atoms with Crippen LogP contribution in [-0.4, -0.2) is 15.2 Å². The van der Waals surface area contributed by atoms with Crippen molar-refractivity contribution in [3.05, 3.63) is 52.2 Å². The quantitative estimate of drug-likeness (QED) is 0.888. The van der Waals surface area contributed by atoms with Crippen LogP contribution in [0.5, 0.6) is 0 Å². The molecule has 0 atom stereocenters. The Morgan fingerprint density at radius 2 is 2.05 bits per heavy atom. The van der Waals surface area contributed by atoms with Gasteiger partial charge in [0, 0.05) is 17.5 Å². The summed E-state index contributed by atoms with van der Waals surface area (Å²) in [5.74, 6) is 0.738. The summed E-state index contributed by atoms with van der Waals surface area (Å²) in [5.41, 5.74) is 1.18. The number of anilines is 2. The molecule has 0 aliphatic rings. The second-order valence-corrected chi connectivity index (χ2v) is 6.14. The van der Waals surface area contributed by atoms with Gasteiger partial charge < -0.3 is 5.32 Å². The van der Waals surface area contributed by atoms with Crippen molar-refractivity contribution in [3.63, 3.8) is 0 Å². The van der Waals surface area contributed by atoms with Gasteiger partial charge in [-0.05, 0) is 29.5 Å². The number of aromatic amines is 1. The Bertz CT molecular complexity index is 625. The number of hydrogen-bond acceptors (Lipinski definition) is 4. The van der Waals surface area contributed by atoms with Crippen molar-refractivity contribution >= 4 is 23.4 Å². The molecule has 1 heterocycles. The lowest BCUT2D eigenvalue weighted by Gasteiger charge is -2.08. The van der Waals surface area contributed by atoms with E-state index in [1.54, 1.807) is 23.9 Å². The minimum absolute atomic E-state index is 0.205. The van der Waals surface area contributed by atoms with Crippen molar-refractivity contribution in [3.8, 4) is 0 Å². The average molecular weight is 293 g/mol. The molecule has 0 saturated carbocycles. The highest BCUT2D eigenvalue weighted by Gasteiger charge is 2.04. The zero-order chi connectivity index (χ0) is 14.5. The number of benzene rings is 1. The van der Waals surface area contributed by atoms with Gasteiger partial charge in [0.15, 0.2) is 0 Å². The van der Waals surface area contributed by atoms with E-state index >= 15 is 0 Å². The SMILES string of the molecule is CC(C)SCc1cc(=O)[nH]c(Nc2ccc(F)cc2)n1. The number of halogens is 1. The van der Waals surface area contributed by atoms with Gasteiger partial charge in [0.25, 0.3) is 5.56 Å². The Balaban J connectivity index is 2.15. The lowest BCUT2D eigenvalue weighted by atomic mass is 10.3. The summed E-state index contributed by atoms with van der Waals surface area (Å²) in [6.45, 7) is 4.19. The molecular formula is C14H16FN3OS. The normalized spacial score (nSPS) is 10.8. The predicted molar refractivity (Wildman–Crippen MR) is 81.0 cm³/mol. The Morgan fingerprint density at radius 3 is 2.70 bits per heavy atom. The topological polar surface area (TPSA) is 57.8 Å². The van der Waals surface area contributed by atoms with Crippen LogP contribution in [0, 0.1) is 5.82 Å². The van der Waals surface area contributed by atoms with Gasteiger partial charge in [0.05, 0.1) is 5.69 Å². The molecule has 20 heavy (non-hydrogen) atoms. The minimum Gasteiger partial charge on any atom is -0.326 e. The summed E-state index contributed by atoms with van der Waals surface area (Å²) in [6.07, 6.45) is 0. The van der Waals surface area contributed by atoms with E-state index in [9.17, 15) is 9.18 Å². The van der Waals surface area contributed by atoms with Crippen molar-refractivity contribution in [1.29, 1.82) is 0 Å². The molecule has 2 N–H and O–H groups in total. The molecule has 1 aromatic heterocycles. The Labute approximate surface area is 120 Å². The summed E-state index contributed by atoms with van der Waals surface area (Å²) in [7, 11) is 0. The van der Waals surface area contributed by atoms with Crippen molar-refractivity contribution in [2.75, 3.05) is 5.32 Å². The van der Waals surface area contributed by atoms with E-state index in [-0.39, 0.29) is 11.4 Å². The molecule has 0 aliphatic heterocycles. The summed E-state index contributed by atoms with van der Waals surface area (Å²) in [6, 6.07) is 7.36. The smallest absolute Gasteiger partial charge is 0.252 e. The standard InChI is InChI=1S/C14H16FN3OS/c1-9(2)20-8-12-7-13(19)18-14(17-12)16-11-5-3-10(15)4-6-11/h3-7,9H,8H2,1-2H3,(H2,16,17,18,19). The number of H-pyrrole nitrogens is 1. The van der Waals surface area contributed by atoms with Crippen LogP contribution in [0.2, 0.25) is 0 Å². The zero-order valence-electron chi connectivity index (χ0n) is 11.3. The minimum atomic E-state index is -0.306. The predicted octanol–water partition coefficient (Wildman–Crippen LogP) is 3.29. The molecule has 0 fully saturated rings. The molecule has 1 aromatic carbocycles. The van der Waals surface area contributed by atoms with Gasteiger partial charge >= 0.3 is 0 Å². The molecule has 2 aromatic rings. The van der Waals surface area contributed by atoms with Gasteiger partial charge in [0.2, 0.25) is 5.95 Å². The maximum atomic E-state index is 12.8. The maximum absolute atomic E-state index is 12.8. The van der Waals surface area contributed by atoms with Gasteiger partial charge in [-0.3, -0.25) is 9.78 Å². The second kappa shape index (κ2) is 6.56. The van der Waals surface area contributed by atoms with E-state index < -0.39 is 0 Å². The lowest BCUT2D eigenvalue weighted by Crippen LogP contribution is -2.12. The summed E-state index contributed by atoms with van der Waals surface area (Å²) >= 11 is 1.72. The highest BCUT2D eigenvalue weighted by Crippen LogP contribution is 2.17. The van der Waals surface area contributed by atoms with Crippen LogP contribution in [0.4, 0.5) is 16.0 Å². The molecule has 0 spiro atoms. The van der Waals surface area contributed by atoms with Crippen molar-refractivity contribution in [2.45, 2.75) is 24.9 Å². The molecule has 0 radical (unpaired) electrons. The largest absolute Gasteiger partial charge is 0.326 e. The molecular weight excluding hydrogens is 277 g/mol. The number of aromatic nitrogens is 2. The third kappa shape index (κ3) is 4.38. The zero-order valence-corrected chi connectivity index (χ0v) is 12.1. The van der Waals surface area contributed by atoms with Crippen molar-refractivity contribution < 1.29 is 4.39 Å². The number of nitrogens with one attached hydrogen (secondary N) is 2. The fourth-order valence-electron chi connectivity index (χ4n) is 1.56. The first-order valence-corrected chi connectivity index (χ1v) is 7.32. The van der Waals surface area contributed by atoms with E-state index in [1.807, 2.05) is 0 Å². The van der Waals surface area contributed by atoms with E-state index in [2.05, 4.69) is 29.1 Å². The molecule has 6 heteroatoms. The molecule has 4 nitrogen and oxygen atoms in total. The first-order valence-electron chi connectivity index (χ1n) is 6.27. The number of hydrogen-bond donors (Lipinski definition) is 2. The van der Waals surface area contributed by atoms with Crippen LogP contribution in [-0.2, 0) is 5.75 Å². The third-order valence-electron chi connectivity index (χ3n) is 2.47. The lowest BCUT2D eigenvalue weighted by molar-refractivity contribution is 0.628. The van der Waals surface area contributed by atoms with Gasteiger partial charge in [-0.15, -0.1) is 0 Å². The van der Waals surface area contributed by atoms with Gasteiger partial charge in [-0.25, -0.2) is 9.37 Å². The first kappa shape index (κ1) is 14.6. The third-order valence-corrected chi connectivity index (χ3v) is 3.60. The fourth-order valence-corrected chi connectivity index (χ4v) is 2.22. The van der Waals surface area contributed by atoms with Crippen molar-refractivity contribution in [1.82, 2.24) is 9.97 Å². The Kier molecular flexibility index (Phi) is 4.79. The Morgan fingerprint density at radius 1 is 1.35 bits per heavy atom. The summed E-state index contributed by atoms with van der Waals surface area (Å²) in [4.78, 5) is 18.6. The summed E-state index contributed by atoms with van der Waals surface area (Å²) < 4.78 is 12.8. The number of nitrogens with zero attached hydrogens (tertiary/aromatic N) is 1. The van der Waals surface area contributed by atoms with Crippen LogP contribution in [0.25, 0.3) is 0 Å². The monoisotopic (exact) mass is 293 g/mol. The molecule has 0 unspecified atom stereocenters. The van der Waals surface area contributed by atoms with Gasteiger partial charge in [-0.2, -0.15) is 11.8 Å². The van der Waals surface area contributed by atoms with Crippen LogP contribution in [0.3, 0.4) is 0 Å². The first-order chi connectivity index (χ1) is 9.52. The van der Waals surface area contributed by atoms with E-state index in [4.69, 9.17) is 0 Å². The molecule has 0 aliphatic carbocycles. The van der Waals surface area contributed by atoms with E-state index in [0.717, 1.165) is 5.69 Å². The number of rotatable bonds is 5. The van der Waals surface area contributed by atoms with Crippen LogP contribution < -0.4 is 10.9 Å². The molecule has 2 rings (SSSR count). The van der Waals surface area contributed by atoms with Crippen LogP contribution in [0.15, 0.2) is 35.1 Å². The highest BCUT2D eigenvalue weighted by atomic mass is 32.2.